The summed E-state index contributed by atoms with van der Waals surface area (Å²) in [5, 5.41) is 2.82. The van der Waals surface area contributed by atoms with Gasteiger partial charge in [0.2, 0.25) is 0 Å². The Balaban J connectivity index is 1.67. The van der Waals surface area contributed by atoms with E-state index in [-0.39, 0.29) is 28.3 Å². The first-order valence-corrected chi connectivity index (χ1v) is 14.0. The summed E-state index contributed by atoms with van der Waals surface area (Å²) in [5.41, 5.74) is -2.25. The number of carbonyl (C=O) groups excluding carboxylic acids is 2. The molecule has 0 aliphatic rings. The number of hydrogen-bond acceptors (Lipinski definition) is 5. The van der Waals surface area contributed by atoms with Crippen LogP contribution in [0.25, 0.3) is 32.8 Å². The van der Waals surface area contributed by atoms with Crippen LogP contribution in [0.5, 0.6) is 0 Å². The number of rotatable bonds is 7. The third-order valence-electron chi connectivity index (χ3n) is 7.87. The SMILES string of the molecule is COC(=O)[C@H](Cc1cccc2c(-c3c(C(F)(F)F)c4ccc(N(C)C)cc4n(C)c3=O)cccc12)NC(=O)c1c(F)cccc1F. The number of nitrogens with one attached hydrogen (secondary N) is 1. The lowest BCUT2D eigenvalue weighted by molar-refractivity contribution is -0.142. The summed E-state index contributed by atoms with van der Waals surface area (Å²) in [5.74, 6) is -4.38. The lowest BCUT2D eigenvalue weighted by atomic mass is 9.90. The van der Waals surface area contributed by atoms with Crippen molar-refractivity contribution in [2.24, 2.45) is 7.05 Å². The Bertz CT molecular complexity index is 2050. The number of esters is 1. The second kappa shape index (κ2) is 12.3. The highest BCUT2D eigenvalue weighted by molar-refractivity contribution is 6.02. The Morgan fingerprint density at radius 1 is 0.913 bits per heavy atom. The Kier molecular flexibility index (Phi) is 8.57. The predicted molar refractivity (Wildman–Crippen MR) is 165 cm³/mol. The molecule has 0 fully saturated rings. The summed E-state index contributed by atoms with van der Waals surface area (Å²) in [6.45, 7) is 0. The lowest BCUT2D eigenvalue weighted by Crippen LogP contribution is -2.43. The topological polar surface area (TPSA) is 80.6 Å². The first-order chi connectivity index (χ1) is 21.7. The Morgan fingerprint density at radius 3 is 2.17 bits per heavy atom. The van der Waals surface area contributed by atoms with Gasteiger partial charge in [-0.25, -0.2) is 13.6 Å². The minimum Gasteiger partial charge on any atom is -0.467 e. The maximum absolute atomic E-state index is 14.8. The van der Waals surface area contributed by atoms with Crippen LogP contribution in [-0.4, -0.2) is 43.7 Å². The average Bonchev–Trinajstić information content (AvgIpc) is 3.01. The standard InChI is InChI=1S/C34H28F5N3O4/c1-41(2)19-14-15-23-27(17-19)42(3)32(44)28(30(23)34(37,38)39)22-11-6-9-20-18(8-5-10-21(20)22)16-26(33(45)46-4)40-31(43)29-24(35)12-7-13-25(29)36/h5-15,17,26H,16H2,1-4H3,(H,40,43)/t26-/m0/s1. The van der Waals surface area contributed by atoms with E-state index >= 15 is 0 Å². The van der Waals surface area contributed by atoms with E-state index in [0.29, 0.717) is 16.6 Å². The van der Waals surface area contributed by atoms with Gasteiger partial charge in [0.25, 0.3) is 11.5 Å². The van der Waals surface area contributed by atoms with Crippen LogP contribution in [0.15, 0.2) is 77.6 Å². The number of aromatic nitrogens is 1. The van der Waals surface area contributed by atoms with Crippen molar-refractivity contribution in [2.45, 2.75) is 18.6 Å². The molecule has 1 N–H and O–H groups in total. The zero-order valence-electron chi connectivity index (χ0n) is 25.1. The van der Waals surface area contributed by atoms with E-state index in [2.05, 4.69) is 5.32 Å². The van der Waals surface area contributed by atoms with Gasteiger partial charge in [0.1, 0.15) is 23.2 Å². The Hall–Kier alpha value is -5.26. The van der Waals surface area contributed by atoms with Gasteiger partial charge in [0.05, 0.1) is 23.8 Å². The van der Waals surface area contributed by atoms with E-state index in [0.717, 1.165) is 25.3 Å². The van der Waals surface area contributed by atoms with E-state index in [9.17, 15) is 36.3 Å². The van der Waals surface area contributed by atoms with Gasteiger partial charge in [-0.05, 0) is 46.2 Å². The van der Waals surface area contributed by atoms with Crippen LogP contribution in [-0.2, 0) is 29.2 Å². The third-order valence-corrected chi connectivity index (χ3v) is 7.87. The number of halogens is 5. The number of aryl methyl sites for hydroxylation is 1. The first kappa shape index (κ1) is 32.1. The molecule has 0 bridgehead atoms. The van der Waals surface area contributed by atoms with Crippen molar-refractivity contribution >= 4 is 39.2 Å². The molecule has 1 atom stereocenters. The molecule has 4 aromatic carbocycles. The highest BCUT2D eigenvalue weighted by Gasteiger charge is 2.38. The molecule has 46 heavy (non-hydrogen) atoms. The van der Waals surface area contributed by atoms with Crippen molar-refractivity contribution < 1.29 is 36.3 Å². The molecule has 0 radical (unpaired) electrons. The van der Waals surface area contributed by atoms with Gasteiger partial charge in [-0.2, -0.15) is 13.2 Å². The number of anilines is 1. The monoisotopic (exact) mass is 637 g/mol. The highest BCUT2D eigenvalue weighted by Crippen LogP contribution is 2.42. The smallest absolute Gasteiger partial charge is 0.417 e. The van der Waals surface area contributed by atoms with Gasteiger partial charge >= 0.3 is 12.1 Å². The molecule has 5 aromatic rings. The maximum atomic E-state index is 14.8. The first-order valence-electron chi connectivity index (χ1n) is 14.0. The number of fused-ring (bicyclic) bond motifs is 2. The van der Waals surface area contributed by atoms with Crippen LogP contribution in [0.2, 0.25) is 0 Å². The largest absolute Gasteiger partial charge is 0.467 e. The molecule has 0 unspecified atom stereocenters. The number of pyridine rings is 1. The summed E-state index contributed by atoms with van der Waals surface area (Å²) < 4.78 is 79.0. The van der Waals surface area contributed by atoms with Gasteiger partial charge in [0.15, 0.2) is 0 Å². The Morgan fingerprint density at radius 2 is 1.54 bits per heavy atom. The molecule has 1 heterocycles. The van der Waals surface area contributed by atoms with Crippen LogP contribution in [0, 0.1) is 11.6 Å². The van der Waals surface area contributed by atoms with Crippen LogP contribution in [0.3, 0.4) is 0 Å². The van der Waals surface area contributed by atoms with E-state index in [1.807, 2.05) is 0 Å². The van der Waals surface area contributed by atoms with Crippen molar-refractivity contribution in [1.29, 1.82) is 0 Å². The third kappa shape index (κ3) is 5.78. The van der Waals surface area contributed by atoms with Gasteiger partial charge in [-0.3, -0.25) is 9.59 Å². The quantitative estimate of drug-likeness (QED) is 0.169. The number of ether oxygens (including phenoxy) is 1. The number of hydrogen-bond donors (Lipinski definition) is 1. The number of carbonyl (C=O) groups is 2. The zero-order valence-corrected chi connectivity index (χ0v) is 25.1. The van der Waals surface area contributed by atoms with Crippen molar-refractivity contribution in [3.8, 4) is 11.1 Å². The molecular formula is C34H28F5N3O4. The van der Waals surface area contributed by atoms with E-state index < -0.39 is 58.0 Å². The molecule has 0 aliphatic carbocycles. The highest BCUT2D eigenvalue weighted by atomic mass is 19.4. The van der Waals surface area contributed by atoms with Gasteiger partial charge in [-0.1, -0.05) is 48.5 Å². The summed E-state index contributed by atoms with van der Waals surface area (Å²) in [4.78, 5) is 41.0. The molecular weight excluding hydrogens is 609 g/mol. The summed E-state index contributed by atoms with van der Waals surface area (Å²) in [7, 11) is 5.95. The van der Waals surface area contributed by atoms with Crippen LogP contribution in [0.1, 0.15) is 21.5 Å². The minimum atomic E-state index is -4.90. The molecule has 0 saturated heterocycles. The molecule has 7 nitrogen and oxygen atoms in total. The predicted octanol–water partition coefficient (Wildman–Crippen LogP) is 6.24. The molecule has 12 heteroatoms. The molecule has 1 aromatic heterocycles. The minimum absolute atomic E-state index is 0.0120. The van der Waals surface area contributed by atoms with Gasteiger partial charge < -0.3 is 19.5 Å². The second-order valence-corrected chi connectivity index (χ2v) is 10.9. The van der Waals surface area contributed by atoms with Gasteiger partial charge in [-0.15, -0.1) is 0 Å². The number of amides is 1. The number of benzene rings is 4. The summed E-state index contributed by atoms with van der Waals surface area (Å²) in [6, 6.07) is 15.0. The molecule has 0 aliphatic heterocycles. The molecule has 1 amide bonds. The van der Waals surface area contributed by atoms with Crippen LogP contribution >= 0.6 is 0 Å². The Labute approximate surface area is 259 Å². The zero-order chi connectivity index (χ0) is 33.5. The molecule has 0 saturated carbocycles. The van der Waals surface area contributed by atoms with Crippen molar-refractivity contribution in [1.82, 2.24) is 9.88 Å². The normalized spacial score (nSPS) is 12.3. The average molecular weight is 638 g/mol. The van der Waals surface area contributed by atoms with Crippen molar-refractivity contribution in [3.05, 3.63) is 111 Å². The number of methoxy groups -OCH3 is 1. The fourth-order valence-corrected chi connectivity index (χ4v) is 5.62. The van der Waals surface area contributed by atoms with Crippen LogP contribution in [0.4, 0.5) is 27.6 Å². The lowest BCUT2D eigenvalue weighted by Gasteiger charge is -2.21. The number of nitrogens with zero attached hydrogens (tertiary/aromatic N) is 2. The number of alkyl halides is 3. The van der Waals surface area contributed by atoms with Crippen molar-refractivity contribution in [3.63, 3.8) is 0 Å². The second-order valence-electron chi connectivity index (χ2n) is 10.9. The van der Waals surface area contributed by atoms with E-state index in [1.165, 1.54) is 41.9 Å². The maximum Gasteiger partial charge on any atom is 0.417 e. The van der Waals surface area contributed by atoms with E-state index in [1.54, 1.807) is 43.3 Å². The molecule has 5 rings (SSSR count). The summed E-state index contributed by atoms with van der Waals surface area (Å²) in [6.07, 6.45) is -5.15. The summed E-state index contributed by atoms with van der Waals surface area (Å²) >= 11 is 0. The molecule has 238 valence electrons. The van der Waals surface area contributed by atoms with Crippen molar-refractivity contribution in [2.75, 3.05) is 26.1 Å². The fraction of sp³-hybridized carbons (Fsp3) is 0.206. The molecule has 0 spiro atoms. The van der Waals surface area contributed by atoms with Crippen LogP contribution < -0.4 is 15.8 Å². The van der Waals surface area contributed by atoms with E-state index in [4.69, 9.17) is 4.74 Å². The fourth-order valence-electron chi connectivity index (χ4n) is 5.62. The van der Waals surface area contributed by atoms with Gasteiger partial charge in [0, 0.05) is 38.6 Å².